The van der Waals surface area contributed by atoms with E-state index < -0.39 is 0 Å². The van der Waals surface area contributed by atoms with E-state index in [-0.39, 0.29) is 56.5 Å². The number of ether oxygens (including phenoxy) is 2. The minimum atomic E-state index is -0.382. The van der Waals surface area contributed by atoms with Crippen molar-refractivity contribution >= 4 is 11.5 Å². The van der Waals surface area contributed by atoms with Gasteiger partial charge in [0.05, 0.1) is 24.7 Å². The average molecular weight is 558 g/mol. The molecule has 1 radical (unpaired) electrons. The van der Waals surface area contributed by atoms with Crippen molar-refractivity contribution in [3.05, 3.63) is 75.4 Å². The summed E-state index contributed by atoms with van der Waals surface area (Å²) in [4.78, 5) is 17.6. The van der Waals surface area contributed by atoms with Gasteiger partial charge in [-0.05, 0) is 44.2 Å². The third-order valence-corrected chi connectivity index (χ3v) is 5.18. The second kappa shape index (κ2) is 17.2. The Kier molecular flexibility index (Phi) is 17.1. The minimum Gasteiger partial charge on any atom is -0.477 e. The summed E-state index contributed by atoms with van der Waals surface area (Å²) in [6.07, 6.45) is 13.2. The molecule has 1 aliphatic heterocycles. The minimum absolute atomic E-state index is 0. The molecule has 0 atom stereocenters. The van der Waals surface area contributed by atoms with Gasteiger partial charge in [0.2, 0.25) is 5.88 Å². The van der Waals surface area contributed by atoms with Gasteiger partial charge >= 0.3 is 0 Å². The van der Waals surface area contributed by atoms with Crippen molar-refractivity contribution in [3.63, 3.8) is 0 Å². The number of rotatable bonds is 9. The molecule has 0 saturated carbocycles. The van der Waals surface area contributed by atoms with Gasteiger partial charge in [0.1, 0.15) is 5.82 Å². The van der Waals surface area contributed by atoms with E-state index in [1.807, 2.05) is 38.1 Å². The van der Waals surface area contributed by atoms with Crippen molar-refractivity contribution < 1.29 is 53.1 Å². The molecule has 0 unspecified atom stereocenters. The van der Waals surface area contributed by atoms with Gasteiger partial charge in [-0.1, -0.05) is 6.58 Å². The molecule has 0 aliphatic carbocycles. The first-order valence-corrected chi connectivity index (χ1v) is 10.3. The Balaban J connectivity index is 0. The summed E-state index contributed by atoms with van der Waals surface area (Å²) < 4.78 is 11.0. The fraction of sp³-hybridized carbons (Fsp3) is 0.320. The fourth-order valence-corrected chi connectivity index (χ4v) is 3.58. The molecule has 1 saturated heterocycles. The Morgan fingerprint density at radius 3 is 2.54 bits per heavy atom. The topological polar surface area (TPSA) is 145 Å². The van der Waals surface area contributed by atoms with Gasteiger partial charge in [-0.15, -0.1) is 17.9 Å². The van der Waals surface area contributed by atoms with Gasteiger partial charge in [0.15, 0.2) is 0 Å². The number of aliphatic imine (C=N–C) groups is 1. The van der Waals surface area contributed by atoms with Crippen LogP contribution in [0.4, 0.5) is 5.82 Å². The molecular weight excluding hydrogens is 523 g/mol. The molecule has 189 valence electrons. The fourth-order valence-electron chi connectivity index (χ4n) is 3.58. The maximum atomic E-state index is 5.60. The predicted molar refractivity (Wildman–Crippen MR) is 136 cm³/mol. The first-order valence-electron chi connectivity index (χ1n) is 10.3. The number of hydrogen-bond donors (Lipinski definition) is 1. The van der Waals surface area contributed by atoms with Crippen LogP contribution in [0.1, 0.15) is 26.7 Å². The number of pyridine rings is 1. The Bertz CT molecular complexity index is 974. The van der Waals surface area contributed by atoms with E-state index in [0.717, 1.165) is 29.8 Å². The molecule has 0 bridgehead atoms. The average Bonchev–Trinajstić information content (AvgIpc) is 2.80. The zero-order valence-electron chi connectivity index (χ0n) is 20.7. The second-order valence-electron chi connectivity index (χ2n) is 7.06. The number of allylic oxidation sites excluding steroid dienone is 3. The van der Waals surface area contributed by atoms with Crippen LogP contribution in [0.3, 0.4) is 0 Å². The first-order chi connectivity index (χ1) is 15.1. The smallest absolute Gasteiger partial charge is 0.232 e. The third-order valence-electron chi connectivity index (χ3n) is 5.18. The van der Waals surface area contributed by atoms with Crippen LogP contribution < -0.4 is 10.1 Å². The molecule has 0 aromatic carbocycles. The first kappa shape index (κ1) is 34.9. The molecule has 1 fully saturated rings. The molecular formula is C25H35N5O4Y-2. The number of anilines is 1. The van der Waals surface area contributed by atoms with Crippen LogP contribution in [0.15, 0.2) is 66.7 Å². The Morgan fingerprint density at radius 1 is 1.26 bits per heavy atom. The zero-order chi connectivity index (χ0) is 22.1. The standard InChI is InChI=1S/C24H28N5O2.CH3.2H2O.Y/c1-5-8-21(26-6-2)24(11-13-30-14-12-24)18(4)28-22-10-9-19(15-27-22)20-16-25-17-23(29-20)31-7-3;;;;/h5,8-10,15-17H,2,4,7,11-14H2,1,3H3,(H,27,28);1H3;2*1H2;/q2*-1;;;/b8-5-,26-21?;;;;. The molecule has 0 spiro atoms. The monoisotopic (exact) mass is 558 g/mol. The summed E-state index contributed by atoms with van der Waals surface area (Å²) >= 11 is 0. The van der Waals surface area contributed by atoms with Crippen LogP contribution in [0.5, 0.6) is 5.88 Å². The van der Waals surface area contributed by atoms with Crippen LogP contribution in [-0.2, 0) is 37.4 Å². The van der Waals surface area contributed by atoms with Crippen LogP contribution in [0.2, 0.25) is 0 Å². The van der Waals surface area contributed by atoms with Gasteiger partial charge in [-0.3, -0.25) is 4.98 Å². The number of nitrogens with one attached hydrogen (secondary N) is 1. The Labute approximate surface area is 233 Å². The molecule has 3 rings (SSSR count). The van der Waals surface area contributed by atoms with Gasteiger partial charge < -0.3 is 38.2 Å². The molecule has 5 N–H and O–H groups in total. The summed E-state index contributed by atoms with van der Waals surface area (Å²) in [5.41, 5.74) is 2.86. The maximum absolute atomic E-state index is 5.60. The van der Waals surface area contributed by atoms with Crippen molar-refractivity contribution in [1.82, 2.24) is 15.0 Å². The zero-order valence-corrected chi connectivity index (χ0v) is 23.5. The van der Waals surface area contributed by atoms with E-state index in [1.165, 1.54) is 0 Å². The molecule has 3 heterocycles. The van der Waals surface area contributed by atoms with Crippen LogP contribution in [-0.4, -0.2) is 51.4 Å². The van der Waals surface area contributed by atoms with E-state index in [1.54, 1.807) is 18.6 Å². The van der Waals surface area contributed by atoms with Crippen LogP contribution in [0.25, 0.3) is 11.3 Å². The third kappa shape index (κ3) is 8.70. The van der Waals surface area contributed by atoms with E-state index in [9.17, 15) is 0 Å². The molecule has 10 heteroatoms. The van der Waals surface area contributed by atoms with Crippen molar-refractivity contribution in [2.24, 2.45) is 10.4 Å². The predicted octanol–water partition coefficient (Wildman–Crippen LogP) is 3.42. The van der Waals surface area contributed by atoms with Crippen LogP contribution in [0, 0.1) is 19.0 Å². The molecule has 2 aromatic heterocycles. The van der Waals surface area contributed by atoms with Crippen molar-refractivity contribution in [3.8, 4) is 17.1 Å². The van der Waals surface area contributed by atoms with Gasteiger partial charge in [-0.2, -0.15) is 12.8 Å². The molecule has 35 heavy (non-hydrogen) atoms. The molecule has 1 aliphatic rings. The summed E-state index contributed by atoms with van der Waals surface area (Å²) in [5.74, 6) is 1.18. The summed E-state index contributed by atoms with van der Waals surface area (Å²) in [6.45, 7) is 13.7. The second-order valence-corrected chi connectivity index (χ2v) is 7.06. The number of nitrogens with zero attached hydrogens (tertiary/aromatic N) is 4. The molecule has 9 nitrogen and oxygen atoms in total. The molecule has 0 amide bonds. The number of hydrogen-bond acceptors (Lipinski definition) is 7. The summed E-state index contributed by atoms with van der Waals surface area (Å²) in [6, 6.07) is 3.84. The van der Waals surface area contributed by atoms with E-state index in [0.29, 0.717) is 37.2 Å². The van der Waals surface area contributed by atoms with E-state index >= 15 is 0 Å². The summed E-state index contributed by atoms with van der Waals surface area (Å²) in [7, 11) is 0. The largest absolute Gasteiger partial charge is 0.477 e. The van der Waals surface area contributed by atoms with E-state index in [2.05, 4.69) is 44.6 Å². The van der Waals surface area contributed by atoms with Gasteiger partial charge in [0.25, 0.3) is 0 Å². The Morgan fingerprint density at radius 2 is 1.97 bits per heavy atom. The summed E-state index contributed by atoms with van der Waals surface area (Å²) in [5, 5.41) is 3.38. The molecule has 2 aromatic rings. The van der Waals surface area contributed by atoms with Gasteiger partial charge in [0, 0.05) is 63.4 Å². The van der Waals surface area contributed by atoms with Crippen molar-refractivity contribution in [1.29, 1.82) is 0 Å². The SMILES string of the molecule is C=[C-]N=C(/C=C\C)C1(C(=C)Nc2ccc(-c3cncc(OCC)n3)cn2)CCOCC1.O.O.[CH3-].[Y]. The Hall–Kier alpha value is -2.30. The van der Waals surface area contributed by atoms with Gasteiger partial charge in [-0.25, -0.2) is 9.97 Å². The van der Waals surface area contributed by atoms with Crippen LogP contribution >= 0.6 is 0 Å². The van der Waals surface area contributed by atoms with Crippen molar-refractivity contribution in [2.45, 2.75) is 26.7 Å². The van der Waals surface area contributed by atoms with Crippen molar-refractivity contribution in [2.75, 3.05) is 25.1 Å². The number of aromatic nitrogens is 3. The normalized spacial score (nSPS) is 14.3. The van der Waals surface area contributed by atoms with E-state index in [4.69, 9.17) is 9.47 Å². The quantitative estimate of drug-likeness (QED) is 0.369. The maximum Gasteiger partial charge on any atom is 0.232 e.